The molecule has 0 saturated carbocycles. The predicted molar refractivity (Wildman–Crippen MR) is 130 cm³/mol. The average Bonchev–Trinajstić information content (AvgIpc) is 3.42. The first-order valence-electron chi connectivity index (χ1n) is 11.3. The summed E-state index contributed by atoms with van der Waals surface area (Å²) in [6.07, 6.45) is 5.37. The van der Waals surface area contributed by atoms with Crippen LogP contribution in [0.4, 0.5) is 10.6 Å². The van der Waals surface area contributed by atoms with Crippen LogP contribution in [0, 0.1) is 6.92 Å². The second-order valence-corrected chi connectivity index (χ2v) is 9.07. The Balaban J connectivity index is 1.39. The van der Waals surface area contributed by atoms with Crippen LogP contribution in [-0.2, 0) is 7.05 Å². The summed E-state index contributed by atoms with van der Waals surface area (Å²) < 4.78 is 7.31. The van der Waals surface area contributed by atoms with Crippen LogP contribution in [-0.4, -0.2) is 50.8 Å². The first kappa shape index (κ1) is 23.3. The lowest BCUT2D eigenvalue weighted by Crippen LogP contribution is -2.39. The zero-order valence-electron chi connectivity index (χ0n) is 19.9. The van der Waals surface area contributed by atoms with Crippen LogP contribution < -0.4 is 15.8 Å². The number of aromatic nitrogens is 3. The fourth-order valence-electron chi connectivity index (χ4n) is 4.03. The number of carbonyl (C=O) groups excluding carboxylic acids is 2. The summed E-state index contributed by atoms with van der Waals surface area (Å²) in [5.74, 6) is 0.700. The number of nitrogens with two attached hydrogens (primary N) is 1. The lowest BCUT2D eigenvalue weighted by atomic mass is 10.0. The van der Waals surface area contributed by atoms with Crippen molar-refractivity contribution < 1.29 is 14.3 Å². The molecule has 1 fully saturated rings. The third-order valence-electron chi connectivity index (χ3n) is 5.93. The molecule has 9 nitrogen and oxygen atoms in total. The van der Waals surface area contributed by atoms with E-state index in [0.717, 1.165) is 22.3 Å². The fourth-order valence-corrected chi connectivity index (χ4v) is 4.03. The van der Waals surface area contributed by atoms with Gasteiger partial charge in [-0.2, -0.15) is 5.10 Å². The highest BCUT2D eigenvalue weighted by molar-refractivity contribution is 5.99. The number of nitrogens with one attached hydrogen (secondary N) is 1. The number of hydrogen-bond donors (Lipinski definition) is 2. The van der Waals surface area contributed by atoms with E-state index in [-0.39, 0.29) is 17.8 Å². The summed E-state index contributed by atoms with van der Waals surface area (Å²) in [5.41, 5.74) is 10.0. The van der Waals surface area contributed by atoms with Crippen molar-refractivity contribution >= 4 is 17.8 Å². The number of likely N-dealkylation sites (tertiary alicyclic amines) is 1. The number of carbonyl (C=O) groups is 2. The van der Waals surface area contributed by atoms with Crippen molar-refractivity contribution in [2.45, 2.75) is 39.2 Å². The zero-order valence-corrected chi connectivity index (χ0v) is 19.9. The van der Waals surface area contributed by atoms with E-state index in [2.05, 4.69) is 35.3 Å². The van der Waals surface area contributed by atoms with Crippen molar-refractivity contribution in [3.05, 3.63) is 59.5 Å². The number of rotatable bonds is 5. The lowest BCUT2D eigenvalue weighted by molar-refractivity contribution is 0.0937. The molecule has 9 heteroatoms. The van der Waals surface area contributed by atoms with Crippen molar-refractivity contribution in [1.29, 1.82) is 0 Å². The molecule has 3 heterocycles. The van der Waals surface area contributed by atoms with Gasteiger partial charge in [-0.1, -0.05) is 19.9 Å². The Morgan fingerprint density at radius 2 is 1.97 bits per heavy atom. The van der Waals surface area contributed by atoms with Gasteiger partial charge in [0.1, 0.15) is 11.6 Å². The van der Waals surface area contributed by atoms with Crippen LogP contribution in [0.5, 0.6) is 5.75 Å². The number of anilines is 1. The summed E-state index contributed by atoms with van der Waals surface area (Å²) in [4.78, 5) is 31.4. The Morgan fingerprint density at radius 3 is 2.68 bits per heavy atom. The Labute approximate surface area is 198 Å². The van der Waals surface area contributed by atoms with Gasteiger partial charge in [-0.25, -0.2) is 9.78 Å². The minimum absolute atomic E-state index is 0.153. The van der Waals surface area contributed by atoms with Crippen molar-refractivity contribution in [3.8, 4) is 16.9 Å². The maximum absolute atomic E-state index is 12.9. The quantitative estimate of drug-likeness (QED) is 0.600. The molecule has 1 atom stereocenters. The Bertz CT molecular complexity index is 1220. The van der Waals surface area contributed by atoms with E-state index in [9.17, 15) is 9.59 Å². The SMILES string of the molecule is Cc1cc(OC(=O)N2CC[C@@H](NC(=O)c3cc(-c4cnn(C)c4)cnc3N)C2)cc(C(C)C)c1. The number of hydrogen-bond acceptors (Lipinski definition) is 6. The van der Waals surface area contributed by atoms with E-state index in [1.807, 2.05) is 32.3 Å². The molecule has 0 bridgehead atoms. The standard InChI is InChI=1S/C25H30N6O3/c1-15(2)17-7-16(3)8-21(9-17)34-25(33)31-6-5-20(14-31)29-24(32)22-10-18(11-27-23(22)26)19-12-28-30(4)13-19/h7-13,15,20H,5-6,14H2,1-4H3,(H2,26,27)(H,29,32)/t20-/m1/s1. The second kappa shape index (κ2) is 9.54. The summed E-state index contributed by atoms with van der Waals surface area (Å²) >= 11 is 0. The lowest BCUT2D eigenvalue weighted by Gasteiger charge is -2.18. The Hall–Kier alpha value is -3.88. The van der Waals surface area contributed by atoms with Gasteiger partial charge in [-0.15, -0.1) is 0 Å². The van der Waals surface area contributed by atoms with Crippen LogP contribution in [0.15, 0.2) is 42.9 Å². The van der Waals surface area contributed by atoms with Gasteiger partial charge in [-0.05, 0) is 48.6 Å². The van der Waals surface area contributed by atoms with Gasteiger partial charge < -0.3 is 20.7 Å². The minimum Gasteiger partial charge on any atom is -0.410 e. The molecular weight excluding hydrogens is 432 g/mol. The monoisotopic (exact) mass is 462 g/mol. The number of ether oxygens (including phenoxy) is 1. The average molecular weight is 463 g/mol. The Kier molecular flexibility index (Phi) is 6.54. The largest absolute Gasteiger partial charge is 0.415 e. The van der Waals surface area contributed by atoms with Gasteiger partial charge in [0.15, 0.2) is 0 Å². The molecule has 2 aromatic heterocycles. The van der Waals surface area contributed by atoms with Gasteiger partial charge in [-0.3, -0.25) is 9.48 Å². The summed E-state index contributed by atoms with van der Waals surface area (Å²) in [7, 11) is 1.82. The van der Waals surface area contributed by atoms with Gasteiger partial charge >= 0.3 is 6.09 Å². The first-order chi connectivity index (χ1) is 16.2. The summed E-state index contributed by atoms with van der Waals surface area (Å²) in [5, 5.41) is 7.13. The normalized spacial score (nSPS) is 15.6. The Morgan fingerprint density at radius 1 is 1.18 bits per heavy atom. The summed E-state index contributed by atoms with van der Waals surface area (Å²) in [6.45, 7) is 7.04. The number of amides is 2. The smallest absolute Gasteiger partial charge is 0.410 e. The number of nitrogens with zero attached hydrogens (tertiary/aromatic N) is 4. The van der Waals surface area contributed by atoms with Crippen molar-refractivity contribution in [2.24, 2.45) is 7.05 Å². The molecule has 1 aliphatic heterocycles. The van der Waals surface area contributed by atoms with E-state index in [4.69, 9.17) is 10.5 Å². The molecular formula is C25H30N6O3. The zero-order chi connectivity index (χ0) is 24.4. The van der Waals surface area contributed by atoms with Gasteiger partial charge in [0.2, 0.25) is 0 Å². The first-order valence-corrected chi connectivity index (χ1v) is 11.3. The number of aryl methyl sites for hydroxylation is 2. The molecule has 0 spiro atoms. The fraction of sp³-hybridized carbons (Fsp3) is 0.360. The third-order valence-corrected chi connectivity index (χ3v) is 5.93. The molecule has 1 aromatic carbocycles. The molecule has 178 valence electrons. The van der Waals surface area contributed by atoms with Crippen molar-refractivity contribution in [2.75, 3.05) is 18.8 Å². The topological polar surface area (TPSA) is 115 Å². The molecule has 0 aliphatic carbocycles. The molecule has 0 radical (unpaired) electrons. The van der Waals surface area contributed by atoms with Crippen LogP contribution in [0.3, 0.4) is 0 Å². The second-order valence-electron chi connectivity index (χ2n) is 9.07. The molecule has 2 amide bonds. The molecule has 0 unspecified atom stereocenters. The van der Waals surface area contributed by atoms with Crippen LogP contribution in [0.2, 0.25) is 0 Å². The van der Waals surface area contributed by atoms with Gasteiger partial charge in [0.05, 0.1) is 11.8 Å². The van der Waals surface area contributed by atoms with Crippen molar-refractivity contribution in [1.82, 2.24) is 25.0 Å². The highest BCUT2D eigenvalue weighted by Gasteiger charge is 2.29. The molecule has 1 aliphatic rings. The van der Waals surface area contributed by atoms with Crippen LogP contribution >= 0.6 is 0 Å². The highest BCUT2D eigenvalue weighted by Crippen LogP contribution is 2.25. The van der Waals surface area contributed by atoms with E-state index in [1.165, 1.54) is 0 Å². The van der Waals surface area contributed by atoms with E-state index in [1.54, 1.807) is 28.0 Å². The van der Waals surface area contributed by atoms with Gasteiger partial charge in [0.25, 0.3) is 5.91 Å². The predicted octanol–water partition coefficient (Wildman–Crippen LogP) is 3.50. The maximum Gasteiger partial charge on any atom is 0.415 e. The number of benzene rings is 1. The van der Waals surface area contributed by atoms with E-state index < -0.39 is 6.09 Å². The molecule has 4 rings (SSSR count). The third kappa shape index (κ3) is 5.19. The van der Waals surface area contributed by atoms with Crippen LogP contribution in [0.1, 0.15) is 47.7 Å². The number of pyridine rings is 1. The maximum atomic E-state index is 12.9. The van der Waals surface area contributed by atoms with E-state index >= 15 is 0 Å². The van der Waals surface area contributed by atoms with Gasteiger partial charge in [0, 0.05) is 49.7 Å². The minimum atomic E-state index is -0.420. The summed E-state index contributed by atoms with van der Waals surface area (Å²) in [6, 6.07) is 7.35. The van der Waals surface area contributed by atoms with E-state index in [0.29, 0.717) is 36.7 Å². The molecule has 34 heavy (non-hydrogen) atoms. The van der Waals surface area contributed by atoms with Crippen molar-refractivity contribution in [3.63, 3.8) is 0 Å². The molecule has 3 aromatic rings. The molecule has 3 N–H and O–H groups in total. The highest BCUT2D eigenvalue weighted by atomic mass is 16.6. The van der Waals surface area contributed by atoms with Crippen LogP contribution in [0.25, 0.3) is 11.1 Å². The number of nitrogen functional groups attached to an aromatic ring is 1. The molecule has 1 saturated heterocycles.